The normalized spacial score (nSPS) is 26.5. The summed E-state index contributed by atoms with van der Waals surface area (Å²) in [7, 11) is 0. The molecule has 6 nitrogen and oxygen atoms in total. The highest BCUT2D eigenvalue weighted by atomic mass is 16.6. The molecule has 0 saturated carbocycles. The number of rotatable bonds is 7. The van der Waals surface area contributed by atoms with Crippen molar-refractivity contribution in [2.45, 2.75) is 72.1 Å². The topological polar surface area (TPSA) is 72.9 Å². The molecule has 0 spiro atoms. The van der Waals surface area contributed by atoms with Gasteiger partial charge in [-0.15, -0.1) is 0 Å². The lowest BCUT2D eigenvalue weighted by molar-refractivity contribution is -0.147. The first-order valence-corrected chi connectivity index (χ1v) is 11.0. The summed E-state index contributed by atoms with van der Waals surface area (Å²) in [5, 5.41) is 0. The number of carbonyl (C=O) groups is 3. The second kappa shape index (κ2) is 9.63. The number of cyclic esters (lactones) is 1. The standard InChI is InChI=1S/C24H33NO5/c1-15(2)10-18-12-20(21-13-19(11-16(3)4)23(27)30-21)25(22(18)26)24(28)29-14-17-8-6-5-7-9-17/h5-9,15-16,18-21H,10-14H2,1-4H3/t18?,19?,20-,21-/m0/s1. The van der Waals surface area contributed by atoms with E-state index >= 15 is 0 Å². The summed E-state index contributed by atoms with van der Waals surface area (Å²) in [5.41, 5.74) is 0.858. The summed E-state index contributed by atoms with van der Waals surface area (Å²) >= 11 is 0. The molecular formula is C24H33NO5. The maximum absolute atomic E-state index is 13.1. The van der Waals surface area contributed by atoms with Crippen molar-refractivity contribution in [3.8, 4) is 0 Å². The third-order valence-electron chi connectivity index (χ3n) is 5.90. The molecule has 2 unspecified atom stereocenters. The van der Waals surface area contributed by atoms with Gasteiger partial charge in [-0.2, -0.15) is 0 Å². The maximum atomic E-state index is 13.1. The van der Waals surface area contributed by atoms with Crippen LogP contribution in [0.3, 0.4) is 0 Å². The molecule has 6 heteroatoms. The lowest BCUT2D eigenvalue weighted by Crippen LogP contribution is -2.45. The Hall–Kier alpha value is -2.37. The Kier molecular flexibility index (Phi) is 7.16. The number of likely N-dealkylation sites (tertiary alicyclic amines) is 1. The predicted octanol–water partition coefficient (Wildman–Crippen LogP) is 4.56. The summed E-state index contributed by atoms with van der Waals surface area (Å²) in [6.07, 6.45) is 1.42. The van der Waals surface area contributed by atoms with Crippen molar-refractivity contribution in [1.29, 1.82) is 0 Å². The molecule has 0 aromatic heterocycles. The van der Waals surface area contributed by atoms with E-state index in [4.69, 9.17) is 9.47 Å². The van der Waals surface area contributed by atoms with Crippen LogP contribution in [0.25, 0.3) is 0 Å². The van der Waals surface area contributed by atoms with Gasteiger partial charge in [0.05, 0.1) is 12.0 Å². The molecule has 1 aromatic carbocycles. The monoisotopic (exact) mass is 415 g/mol. The second-order valence-electron chi connectivity index (χ2n) is 9.42. The van der Waals surface area contributed by atoms with Gasteiger partial charge in [0.2, 0.25) is 5.91 Å². The lowest BCUT2D eigenvalue weighted by Gasteiger charge is -2.26. The number of imide groups is 1. The van der Waals surface area contributed by atoms with Crippen molar-refractivity contribution < 1.29 is 23.9 Å². The van der Waals surface area contributed by atoms with Gasteiger partial charge in [-0.05, 0) is 43.1 Å². The zero-order valence-corrected chi connectivity index (χ0v) is 18.4. The van der Waals surface area contributed by atoms with E-state index in [2.05, 4.69) is 27.7 Å². The van der Waals surface area contributed by atoms with Crippen molar-refractivity contribution >= 4 is 18.0 Å². The minimum atomic E-state index is -0.650. The Morgan fingerprint density at radius 3 is 2.30 bits per heavy atom. The number of ether oxygens (including phenoxy) is 2. The van der Waals surface area contributed by atoms with Crippen LogP contribution in [0.2, 0.25) is 0 Å². The van der Waals surface area contributed by atoms with Crippen molar-refractivity contribution in [2.75, 3.05) is 0 Å². The summed E-state index contributed by atoms with van der Waals surface area (Å²) < 4.78 is 11.1. The zero-order valence-electron chi connectivity index (χ0n) is 18.4. The van der Waals surface area contributed by atoms with Gasteiger partial charge in [0, 0.05) is 5.92 Å². The quantitative estimate of drug-likeness (QED) is 0.610. The lowest BCUT2D eigenvalue weighted by atomic mass is 9.89. The number of carbonyl (C=O) groups excluding carboxylic acids is 3. The Balaban J connectivity index is 1.74. The van der Waals surface area contributed by atoms with E-state index in [9.17, 15) is 14.4 Å². The molecule has 2 amide bonds. The fraction of sp³-hybridized carbons (Fsp3) is 0.625. The molecular weight excluding hydrogens is 382 g/mol. The molecule has 1 aromatic rings. The highest BCUT2D eigenvalue weighted by Crippen LogP contribution is 2.38. The average Bonchev–Trinajstić information content (AvgIpc) is 3.20. The van der Waals surface area contributed by atoms with Crippen LogP contribution < -0.4 is 0 Å². The smallest absolute Gasteiger partial charge is 0.417 e. The van der Waals surface area contributed by atoms with Crippen LogP contribution in [0.1, 0.15) is 58.9 Å². The highest BCUT2D eigenvalue weighted by Gasteiger charge is 2.51. The molecule has 30 heavy (non-hydrogen) atoms. The molecule has 2 aliphatic heterocycles. The summed E-state index contributed by atoms with van der Waals surface area (Å²) in [4.78, 5) is 39.6. The fourth-order valence-electron chi connectivity index (χ4n) is 4.62. The number of esters is 1. The van der Waals surface area contributed by atoms with Crippen LogP contribution >= 0.6 is 0 Å². The Labute approximate surface area is 178 Å². The largest absolute Gasteiger partial charge is 0.460 e. The molecule has 0 N–H and O–H groups in total. The number of hydrogen-bond donors (Lipinski definition) is 0. The van der Waals surface area contributed by atoms with E-state index in [1.54, 1.807) is 0 Å². The minimum Gasteiger partial charge on any atom is -0.460 e. The Bertz CT molecular complexity index is 760. The molecule has 2 saturated heterocycles. The Morgan fingerprint density at radius 2 is 1.67 bits per heavy atom. The van der Waals surface area contributed by atoms with Crippen LogP contribution in [0.15, 0.2) is 30.3 Å². The molecule has 164 valence electrons. The van der Waals surface area contributed by atoms with E-state index in [0.29, 0.717) is 31.1 Å². The minimum absolute atomic E-state index is 0.103. The number of benzene rings is 1. The highest BCUT2D eigenvalue weighted by molar-refractivity contribution is 5.95. The van der Waals surface area contributed by atoms with E-state index in [0.717, 1.165) is 12.0 Å². The summed E-state index contributed by atoms with van der Waals surface area (Å²) in [6.45, 7) is 8.38. The van der Waals surface area contributed by atoms with E-state index < -0.39 is 18.2 Å². The van der Waals surface area contributed by atoms with Gasteiger partial charge in [0.1, 0.15) is 12.7 Å². The summed E-state index contributed by atoms with van der Waals surface area (Å²) in [5.74, 6) is -0.133. The third kappa shape index (κ3) is 5.21. The van der Waals surface area contributed by atoms with Crippen LogP contribution in [-0.2, 0) is 25.7 Å². The first-order chi connectivity index (χ1) is 14.3. The zero-order chi connectivity index (χ0) is 21.8. The van der Waals surface area contributed by atoms with Crippen molar-refractivity contribution in [3.63, 3.8) is 0 Å². The van der Waals surface area contributed by atoms with Crippen LogP contribution in [0.5, 0.6) is 0 Å². The first kappa shape index (κ1) is 22.3. The van der Waals surface area contributed by atoms with Gasteiger partial charge in [0.15, 0.2) is 0 Å². The molecule has 2 heterocycles. The van der Waals surface area contributed by atoms with Crippen molar-refractivity contribution in [1.82, 2.24) is 4.90 Å². The molecule has 2 aliphatic rings. The van der Waals surface area contributed by atoms with Gasteiger partial charge in [0.25, 0.3) is 0 Å². The molecule has 3 rings (SSSR count). The van der Waals surface area contributed by atoms with Gasteiger partial charge >= 0.3 is 12.1 Å². The molecule has 2 fully saturated rings. The SMILES string of the molecule is CC(C)CC1C[C@@H]([C@@H]2CC(CC(C)C)C(=O)N2C(=O)OCc2ccccc2)OC1=O. The van der Waals surface area contributed by atoms with Crippen LogP contribution in [0, 0.1) is 23.7 Å². The third-order valence-corrected chi connectivity index (χ3v) is 5.90. The molecule has 0 radical (unpaired) electrons. The van der Waals surface area contributed by atoms with Crippen molar-refractivity contribution in [2.24, 2.45) is 23.7 Å². The van der Waals surface area contributed by atoms with E-state index in [-0.39, 0.29) is 30.3 Å². The average molecular weight is 416 g/mol. The van der Waals surface area contributed by atoms with E-state index in [1.165, 1.54) is 4.90 Å². The van der Waals surface area contributed by atoms with Gasteiger partial charge in [-0.3, -0.25) is 9.59 Å². The number of hydrogen-bond acceptors (Lipinski definition) is 5. The fourth-order valence-corrected chi connectivity index (χ4v) is 4.62. The van der Waals surface area contributed by atoms with Gasteiger partial charge in [-0.25, -0.2) is 9.69 Å². The maximum Gasteiger partial charge on any atom is 0.417 e. The number of amides is 2. The van der Waals surface area contributed by atoms with Crippen LogP contribution in [-0.4, -0.2) is 35.0 Å². The van der Waals surface area contributed by atoms with E-state index in [1.807, 2.05) is 30.3 Å². The van der Waals surface area contributed by atoms with Crippen LogP contribution in [0.4, 0.5) is 4.79 Å². The van der Waals surface area contributed by atoms with Crippen molar-refractivity contribution in [3.05, 3.63) is 35.9 Å². The first-order valence-electron chi connectivity index (χ1n) is 11.0. The van der Waals surface area contributed by atoms with Gasteiger partial charge < -0.3 is 9.47 Å². The number of nitrogens with zero attached hydrogens (tertiary/aromatic N) is 1. The second-order valence-corrected chi connectivity index (χ2v) is 9.42. The molecule has 4 atom stereocenters. The molecule has 0 bridgehead atoms. The Morgan fingerprint density at radius 1 is 1.03 bits per heavy atom. The predicted molar refractivity (Wildman–Crippen MR) is 112 cm³/mol. The molecule has 0 aliphatic carbocycles. The van der Waals surface area contributed by atoms with Gasteiger partial charge in [-0.1, -0.05) is 58.0 Å². The summed E-state index contributed by atoms with van der Waals surface area (Å²) in [6, 6.07) is 8.92.